The molecule has 8 heteroatoms. The van der Waals surface area contributed by atoms with Gasteiger partial charge >= 0.3 is 0 Å². The maximum atomic E-state index is 9.76. The van der Waals surface area contributed by atoms with Gasteiger partial charge < -0.3 is 15.3 Å². The summed E-state index contributed by atoms with van der Waals surface area (Å²) in [5, 5.41) is 23.6. The molecule has 5 rings (SSSR count). The minimum absolute atomic E-state index is 0.256. The number of β-amino-alcohol motifs (C(OH)–C–C–N with tert-alkyl or cyclic N) is 1. The third kappa shape index (κ3) is 3.46. The van der Waals surface area contributed by atoms with Gasteiger partial charge in [0.1, 0.15) is 10.8 Å². The molecule has 1 aliphatic carbocycles. The van der Waals surface area contributed by atoms with Crippen molar-refractivity contribution in [2.45, 2.75) is 44.1 Å². The predicted molar refractivity (Wildman–Crippen MR) is 107 cm³/mol. The Hall–Kier alpha value is -2.32. The standard InChI is InChI=1S/C19H22N6OS/c26-14-7-8-25(11-14)13-9-16-15(20-10-13)5-6-17(21-16)22-19-24-23-18(27-19)12-3-1-2-4-12/h5-6,9-10,12,14,26H,1-4,7-8,11H2,(H,21,22,24)/t14-/m0/s1. The number of hydrogen-bond acceptors (Lipinski definition) is 8. The minimum atomic E-state index is -0.256. The number of anilines is 3. The van der Waals surface area contributed by atoms with Crippen molar-refractivity contribution >= 4 is 39.0 Å². The minimum Gasteiger partial charge on any atom is -0.391 e. The molecular formula is C19H22N6OS. The molecule has 1 saturated carbocycles. The molecule has 0 amide bonds. The number of nitrogens with zero attached hydrogens (tertiary/aromatic N) is 5. The second kappa shape index (κ2) is 7.01. The van der Waals surface area contributed by atoms with Crippen molar-refractivity contribution in [3.8, 4) is 0 Å². The topological polar surface area (TPSA) is 87.1 Å². The van der Waals surface area contributed by atoms with Crippen LogP contribution in [0.2, 0.25) is 0 Å². The lowest BCUT2D eigenvalue weighted by molar-refractivity contribution is 0.198. The molecule has 1 aliphatic heterocycles. The van der Waals surface area contributed by atoms with Crippen LogP contribution in [0.4, 0.5) is 16.6 Å². The first-order chi connectivity index (χ1) is 13.2. The van der Waals surface area contributed by atoms with E-state index < -0.39 is 0 Å². The van der Waals surface area contributed by atoms with Gasteiger partial charge in [-0.25, -0.2) is 4.98 Å². The molecular weight excluding hydrogens is 360 g/mol. The number of aromatic nitrogens is 4. The number of aliphatic hydroxyl groups is 1. The first kappa shape index (κ1) is 16.8. The van der Waals surface area contributed by atoms with Crippen LogP contribution in [-0.2, 0) is 0 Å². The molecule has 0 unspecified atom stereocenters. The number of nitrogens with one attached hydrogen (secondary N) is 1. The Morgan fingerprint density at radius 2 is 2.00 bits per heavy atom. The van der Waals surface area contributed by atoms with Gasteiger partial charge in [0.2, 0.25) is 5.13 Å². The Labute approximate surface area is 161 Å². The zero-order valence-electron chi connectivity index (χ0n) is 15.0. The number of hydrogen-bond donors (Lipinski definition) is 2. The molecule has 0 bridgehead atoms. The summed E-state index contributed by atoms with van der Waals surface area (Å²) in [5.41, 5.74) is 2.69. The van der Waals surface area contributed by atoms with Crippen molar-refractivity contribution in [3.05, 3.63) is 29.4 Å². The van der Waals surface area contributed by atoms with Crippen LogP contribution in [0.1, 0.15) is 43.0 Å². The highest BCUT2D eigenvalue weighted by atomic mass is 32.1. The van der Waals surface area contributed by atoms with E-state index in [1.807, 2.05) is 24.4 Å². The van der Waals surface area contributed by atoms with Crippen molar-refractivity contribution < 1.29 is 5.11 Å². The molecule has 1 atom stereocenters. The Kier molecular flexibility index (Phi) is 4.37. The van der Waals surface area contributed by atoms with Crippen LogP contribution in [0.25, 0.3) is 11.0 Å². The summed E-state index contributed by atoms with van der Waals surface area (Å²) in [4.78, 5) is 11.4. The third-order valence-electron chi connectivity index (χ3n) is 5.43. The number of rotatable bonds is 4. The summed E-state index contributed by atoms with van der Waals surface area (Å²) in [6.07, 6.45) is 7.44. The zero-order chi connectivity index (χ0) is 18.2. The fourth-order valence-electron chi connectivity index (χ4n) is 3.95. The third-order valence-corrected chi connectivity index (χ3v) is 6.43. The summed E-state index contributed by atoms with van der Waals surface area (Å²) in [6.45, 7) is 1.50. The van der Waals surface area contributed by atoms with Gasteiger partial charge in [0.25, 0.3) is 0 Å². The second-order valence-electron chi connectivity index (χ2n) is 7.37. The quantitative estimate of drug-likeness (QED) is 0.714. The van der Waals surface area contributed by atoms with E-state index in [1.165, 1.54) is 25.7 Å². The van der Waals surface area contributed by atoms with E-state index >= 15 is 0 Å². The highest BCUT2D eigenvalue weighted by Gasteiger charge is 2.22. The molecule has 3 aromatic rings. The van der Waals surface area contributed by atoms with E-state index in [1.54, 1.807) is 11.3 Å². The van der Waals surface area contributed by atoms with Gasteiger partial charge in [-0.2, -0.15) is 0 Å². The van der Waals surface area contributed by atoms with E-state index in [4.69, 9.17) is 4.98 Å². The summed E-state index contributed by atoms with van der Waals surface area (Å²) in [7, 11) is 0. The van der Waals surface area contributed by atoms with E-state index in [2.05, 4.69) is 25.4 Å². The Balaban J connectivity index is 1.37. The van der Waals surface area contributed by atoms with Gasteiger partial charge in [-0.05, 0) is 37.5 Å². The monoisotopic (exact) mass is 382 g/mol. The first-order valence-corrected chi connectivity index (χ1v) is 10.4. The largest absolute Gasteiger partial charge is 0.391 e. The zero-order valence-corrected chi connectivity index (χ0v) is 15.8. The fourth-order valence-corrected chi connectivity index (χ4v) is 4.87. The highest BCUT2D eigenvalue weighted by Crippen LogP contribution is 2.37. The molecule has 0 radical (unpaired) electrons. The van der Waals surface area contributed by atoms with Gasteiger partial charge in [-0.1, -0.05) is 24.2 Å². The first-order valence-electron chi connectivity index (χ1n) is 9.55. The SMILES string of the molecule is O[C@H]1CCN(c2cnc3ccc(Nc4nnc(C5CCCC5)s4)nc3c2)C1. The van der Waals surface area contributed by atoms with Crippen molar-refractivity contribution in [1.29, 1.82) is 0 Å². The average Bonchev–Trinajstić information content (AvgIpc) is 3.42. The molecule has 4 heterocycles. The van der Waals surface area contributed by atoms with Gasteiger partial charge in [-0.3, -0.25) is 4.98 Å². The van der Waals surface area contributed by atoms with Gasteiger partial charge in [-0.15, -0.1) is 10.2 Å². The smallest absolute Gasteiger partial charge is 0.211 e. The number of pyridine rings is 2. The summed E-state index contributed by atoms with van der Waals surface area (Å²) in [5.74, 6) is 1.32. The second-order valence-corrected chi connectivity index (χ2v) is 8.38. The molecule has 2 fully saturated rings. The molecule has 3 aromatic heterocycles. The average molecular weight is 382 g/mol. The molecule has 0 aromatic carbocycles. The normalized spacial score (nSPS) is 20.6. The van der Waals surface area contributed by atoms with Crippen molar-refractivity contribution in [2.75, 3.05) is 23.3 Å². The van der Waals surface area contributed by atoms with Crippen LogP contribution in [-0.4, -0.2) is 44.5 Å². The van der Waals surface area contributed by atoms with Crippen molar-refractivity contribution in [1.82, 2.24) is 20.2 Å². The summed E-state index contributed by atoms with van der Waals surface area (Å²) >= 11 is 1.63. The van der Waals surface area contributed by atoms with E-state index in [0.717, 1.165) is 45.6 Å². The van der Waals surface area contributed by atoms with Gasteiger partial charge in [0.15, 0.2) is 0 Å². The highest BCUT2D eigenvalue weighted by molar-refractivity contribution is 7.15. The summed E-state index contributed by atoms with van der Waals surface area (Å²) < 4.78 is 0. The summed E-state index contributed by atoms with van der Waals surface area (Å²) in [6, 6.07) is 5.92. The molecule has 1 saturated heterocycles. The van der Waals surface area contributed by atoms with E-state index in [0.29, 0.717) is 12.5 Å². The fraction of sp³-hybridized carbons (Fsp3) is 0.474. The number of fused-ring (bicyclic) bond motifs is 1. The molecule has 2 aliphatic rings. The van der Waals surface area contributed by atoms with Gasteiger partial charge in [0, 0.05) is 19.0 Å². The molecule has 2 N–H and O–H groups in total. The molecule has 27 heavy (non-hydrogen) atoms. The lowest BCUT2D eigenvalue weighted by Crippen LogP contribution is -2.21. The Morgan fingerprint density at radius 1 is 1.11 bits per heavy atom. The molecule has 140 valence electrons. The van der Waals surface area contributed by atoms with E-state index in [-0.39, 0.29) is 6.10 Å². The molecule has 0 spiro atoms. The Bertz CT molecular complexity index is 954. The predicted octanol–water partition coefficient (Wildman–Crippen LogP) is 3.45. The lowest BCUT2D eigenvalue weighted by Gasteiger charge is -2.17. The molecule has 7 nitrogen and oxygen atoms in total. The van der Waals surface area contributed by atoms with Crippen LogP contribution < -0.4 is 10.2 Å². The van der Waals surface area contributed by atoms with Crippen LogP contribution in [0.15, 0.2) is 24.4 Å². The van der Waals surface area contributed by atoms with E-state index in [9.17, 15) is 5.11 Å². The van der Waals surface area contributed by atoms with Crippen LogP contribution in [0.5, 0.6) is 0 Å². The van der Waals surface area contributed by atoms with Crippen molar-refractivity contribution in [2.24, 2.45) is 0 Å². The maximum Gasteiger partial charge on any atom is 0.211 e. The lowest BCUT2D eigenvalue weighted by atomic mass is 10.1. The maximum absolute atomic E-state index is 9.76. The van der Waals surface area contributed by atoms with Crippen LogP contribution in [0, 0.1) is 0 Å². The van der Waals surface area contributed by atoms with Gasteiger partial charge in [0.05, 0.1) is 29.0 Å². The Morgan fingerprint density at radius 3 is 2.81 bits per heavy atom. The van der Waals surface area contributed by atoms with Crippen LogP contribution in [0.3, 0.4) is 0 Å². The number of aliphatic hydroxyl groups excluding tert-OH is 1. The van der Waals surface area contributed by atoms with Crippen molar-refractivity contribution in [3.63, 3.8) is 0 Å². The van der Waals surface area contributed by atoms with Crippen LogP contribution >= 0.6 is 11.3 Å².